The number of amides is 1. The van der Waals surface area contributed by atoms with E-state index in [9.17, 15) is 4.79 Å². The van der Waals surface area contributed by atoms with Crippen LogP contribution in [-0.2, 0) is 17.6 Å². The fourth-order valence-electron chi connectivity index (χ4n) is 2.12. The van der Waals surface area contributed by atoms with Crippen LogP contribution < -0.4 is 5.32 Å². The molecule has 0 spiro atoms. The molecule has 0 fully saturated rings. The van der Waals surface area contributed by atoms with Gasteiger partial charge in [-0.2, -0.15) is 4.98 Å². The minimum absolute atomic E-state index is 0.125. The molecule has 21 heavy (non-hydrogen) atoms. The van der Waals surface area contributed by atoms with E-state index in [0.29, 0.717) is 24.7 Å². The number of pyridine rings is 1. The first-order valence-corrected chi connectivity index (χ1v) is 6.69. The molecule has 0 unspecified atom stereocenters. The van der Waals surface area contributed by atoms with Crippen LogP contribution in [0.1, 0.15) is 17.5 Å². The summed E-state index contributed by atoms with van der Waals surface area (Å²) in [5.41, 5.74) is 1.04. The lowest BCUT2D eigenvalue weighted by atomic mass is 10.3. The van der Waals surface area contributed by atoms with E-state index in [0.717, 1.165) is 11.3 Å². The van der Waals surface area contributed by atoms with Crippen LogP contribution in [0.2, 0.25) is 0 Å². The molecule has 1 amide bonds. The third-order valence-corrected chi connectivity index (χ3v) is 3.07. The molecule has 7 heteroatoms. The van der Waals surface area contributed by atoms with Gasteiger partial charge in [-0.1, -0.05) is 11.2 Å². The van der Waals surface area contributed by atoms with E-state index in [1.807, 2.05) is 35.0 Å². The molecule has 0 bridgehead atoms. The molecule has 0 atom stereocenters. The molecular formula is C14H15N5O2. The number of imidazole rings is 1. The first kappa shape index (κ1) is 13.3. The van der Waals surface area contributed by atoms with E-state index < -0.39 is 0 Å². The first-order valence-electron chi connectivity index (χ1n) is 6.69. The maximum absolute atomic E-state index is 11.8. The zero-order chi connectivity index (χ0) is 14.7. The molecule has 0 saturated carbocycles. The van der Waals surface area contributed by atoms with Gasteiger partial charge in [0.1, 0.15) is 5.82 Å². The fourth-order valence-corrected chi connectivity index (χ4v) is 2.12. The van der Waals surface area contributed by atoms with Crippen LogP contribution >= 0.6 is 0 Å². The Kier molecular flexibility index (Phi) is 3.63. The smallest absolute Gasteiger partial charge is 0.227 e. The summed E-state index contributed by atoms with van der Waals surface area (Å²) in [5.74, 6) is 1.65. The fraction of sp³-hybridized carbons (Fsp3) is 0.286. The van der Waals surface area contributed by atoms with Crippen molar-refractivity contribution in [3.8, 4) is 0 Å². The highest BCUT2D eigenvalue weighted by Gasteiger charge is 2.09. The Labute approximate surface area is 121 Å². The van der Waals surface area contributed by atoms with E-state index >= 15 is 0 Å². The maximum Gasteiger partial charge on any atom is 0.227 e. The van der Waals surface area contributed by atoms with Crippen molar-refractivity contribution < 1.29 is 9.32 Å². The van der Waals surface area contributed by atoms with Gasteiger partial charge in [0.25, 0.3) is 0 Å². The number of aryl methyl sites for hydroxylation is 1. The zero-order valence-corrected chi connectivity index (χ0v) is 11.6. The maximum atomic E-state index is 11.8. The molecule has 7 nitrogen and oxygen atoms in total. The Morgan fingerprint density at radius 1 is 1.43 bits per heavy atom. The number of aromatic nitrogens is 4. The quantitative estimate of drug-likeness (QED) is 0.753. The number of hydrogen-bond donors (Lipinski definition) is 1. The Hall–Kier alpha value is -2.70. The van der Waals surface area contributed by atoms with Crippen LogP contribution in [0.15, 0.2) is 35.1 Å². The van der Waals surface area contributed by atoms with Crippen molar-refractivity contribution in [1.29, 1.82) is 0 Å². The second kappa shape index (κ2) is 5.74. The van der Waals surface area contributed by atoms with Crippen molar-refractivity contribution in [3.63, 3.8) is 0 Å². The lowest BCUT2D eigenvalue weighted by Crippen LogP contribution is -2.28. The number of rotatable bonds is 5. The minimum atomic E-state index is -0.128. The molecule has 108 valence electrons. The van der Waals surface area contributed by atoms with Crippen LogP contribution in [0.4, 0.5) is 0 Å². The van der Waals surface area contributed by atoms with Gasteiger partial charge in [0.2, 0.25) is 11.8 Å². The van der Waals surface area contributed by atoms with E-state index in [1.54, 1.807) is 6.92 Å². The van der Waals surface area contributed by atoms with Gasteiger partial charge in [-0.05, 0) is 12.1 Å². The number of nitrogens with zero attached hydrogens (tertiary/aromatic N) is 4. The molecule has 0 saturated heterocycles. The molecule has 0 aliphatic rings. The summed E-state index contributed by atoms with van der Waals surface area (Å²) in [4.78, 5) is 20.1. The summed E-state index contributed by atoms with van der Waals surface area (Å²) in [7, 11) is 0. The summed E-state index contributed by atoms with van der Waals surface area (Å²) in [6, 6.07) is 5.92. The third-order valence-electron chi connectivity index (χ3n) is 3.07. The molecule has 0 radical (unpaired) electrons. The van der Waals surface area contributed by atoms with Crippen molar-refractivity contribution in [2.24, 2.45) is 0 Å². The Morgan fingerprint density at radius 3 is 3.14 bits per heavy atom. The van der Waals surface area contributed by atoms with Gasteiger partial charge >= 0.3 is 0 Å². The Morgan fingerprint density at radius 2 is 2.33 bits per heavy atom. The van der Waals surface area contributed by atoms with Crippen molar-refractivity contribution in [1.82, 2.24) is 24.8 Å². The van der Waals surface area contributed by atoms with Crippen LogP contribution in [0.25, 0.3) is 5.52 Å². The molecule has 1 N–H and O–H groups in total. The van der Waals surface area contributed by atoms with Crippen molar-refractivity contribution in [2.45, 2.75) is 19.8 Å². The SMILES string of the molecule is Cc1nc(CC(=O)NCCc2ncc3ccccn23)no1. The molecule has 0 aliphatic carbocycles. The topological polar surface area (TPSA) is 85.3 Å². The van der Waals surface area contributed by atoms with E-state index in [1.165, 1.54) is 0 Å². The normalized spacial score (nSPS) is 10.9. The highest BCUT2D eigenvalue weighted by molar-refractivity contribution is 5.77. The van der Waals surface area contributed by atoms with Crippen molar-refractivity contribution >= 4 is 11.4 Å². The molecular weight excluding hydrogens is 270 g/mol. The van der Waals surface area contributed by atoms with Gasteiger partial charge in [-0.15, -0.1) is 0 Å². The molecule has 3 aromatic heterocycles. The Balaban J connectivity index is 1.53. The molecule has 3 aromatic rings. The summed E-state index contributed by atoms with van der Waals surface area (Å²) in [6.07, 6.45) is 4.57. The predicted molar refractivity (Wildman–Crippen MR) is 74.6 cm³/mol. The summed E-state index contributed by atoms with van der Waals surface area (Å²) >= 11 is 0. The average Bonchev–Trinajstić information content (AvgIpc) is 3.06. The van der Waals surface area contributed by atoms with Gasteiger partial charge in [0.15, 0.2) is 5.82 Å². The van der Waals surface area contributed by atoms with Crippen LogP contribution in [0, 0.1) is 6.92 Å². The summed E-state index contributed by atoms with van der Waals surface area (Å²) < 4.78 is 6.83. The second-order valence-electron chi connectivity index (χ2n) is 4.68. The van der Waals surface area contributed by atoms with Crippen LogP contribution in [0.5, 0.6) is 0 Å². The van der Waals surface area contributed by atoms with Crippen molar-refractivity contribution in [2.75, 3.05) is 6.54 Å². The molecule has 3 rings (SSSR count). The summed E-state index contributed by atoms with van der Waals surface area (Å²) in [5, 5.41) is 6.52. The minimum Gasteiger partial charge on any atom is -0.355 e. The predicted octanol–water partition coefficient (Wildman–Crippen LogP) is 0.927. The van der Waals surface area contributed by atoms with E-state index in [-0.39, 0.29) is 12.3 Å². The molecule has 3 heterocycles. The Bertz CT molecular complexity index is 761. The van der Waals surface area contributed by atoms with Gasteiger partial charge in [0, 0.05) is 26.1 Å². The van der Waals surface area contributed by atoms with E-state index in [4.69, 9.17) is 4.52 Å². The zero-order valence-electron chi connectivity index (χ0n) is 11.6. The number of carbonyl (C=O) groups excluding carboxylic acids is 1. The molecule has 0 aliphatic heterocycles. The second-order valence-corrected chi connectivity index (χ2v) is 4.68. The van der Waals surface area contributed by atoms with Crippen molar-refractivity contribution in [3.05, 3.63) is 48.1 Å². The third kappa shape index (κ3) is 3.07. The van der Waals surface area contributed by atoms with Gasteiger partial charge in [0.05, 0.1) is 18.1 Å². The molecule has 0 aromatic carbocycles. The highest BCUT2D eigenvalue weighted by atomic mass is 16.5. The van der Waals surface area contributed by atoms with Crippen LogP contribution in [-0.4, -0.2) is 32.0 Å². The first-order chi connectivity index (χ1) is 10.2. The van der Waals surface area contributed by atoms with Gasteiger partial charge < -0.3 is 14.2 Å². The average molecular weight is 285 g/mol. The number of hydrogen-bond acceptors (Lipinski definition) is 5. The van der Waals surface area contributed by atoms with Crippen LogP contribution in [0.3, 0.4) is 0 Å². The van der Waals surface area contributed by atoms with Gasteiger partial charge in [-0.3, -0.25) is 4.79 Å². The summed E-state index contributed by atoms with van der Waals surface area (Å²) in [6.45, 7) is 2.21. The standard InChI is InChI=1S/C14H15N5O2/c1-10-17-12(18-21-10)8-14(20)15-6-5-13-16-9-11-4-2-3-7-19(11)13/h2-4,7,9H,5-6,8H2,1H3,(H,15,20). The number of fused-ring (bicyclic) bond motifs is 1. The van der Waals surface area contributed by atoms with Gasteiger partial charge in [-0.25, -0.2) is 4.98 Å². The largest absolute Gasteiger partial charge is 0.355 e. The monoisotopic (exact) mass is 285 g/mol. The number of carbonyl (C=O) groups is 1. The van der Waals surface area contributed by atoms with E-state index in [2.05, 4.69) is 20.4 Å². The lowest BCUT2D eigenvalue weighted by Gasteiger charge is -2.03. The lowest BCUT2D eigenvalue weighted by molar-refractivity contribution is -0.120. The number of nitrogens with one attached hydrogen (secondary N) is 1. The highest BCUT2D eigenvalue weighted by Crippen LogP contribution is 2.06.